The summed E-state index contributed by atoms with van der Waals surface area (Å²) in [7, 11) is 0. The molecule has 0 atom stereocenters. The molecule has 4 rings (SSSR count). The second-order valence-corrected chi connectivity index (χ2v) is 7.03. The number of alkyl halides is 3. The molecule has 10 heteroatoms. The van der Waals surface area contributed by atoms with Gasteiger partial charge in [0.1, 0.15) is 11.6 Å². The van der Waals surface area contributed by atoms with Crippen molar-refractivity contribution in [3.05, 3.63) is 82.5 Å². The summed E-state index contributed by atoms with van der Waals surface area (Å²) in [5.74, 6) is -3.14. The van der Waals surface area contributed by atoms with Gasteiger partial charge in [-0.15, -0.1) is 0 Å². The standard InChI is InChI=1S/C21H10ClF5N2O2/c22-16-9-14(2-3-17(16)24)29-18-4-1-10(7-15(18)19(28-29)20(30)31)11-5-12(21(25,26)27)8-13(23)6-11/h1-9H,(H,30,31). The number of aromatic carboxylic acids is 1. The highest BCUT2D eigenvalue weighted by Crippen LogP contribution is 2.35. The third-order valence-electron chi connectivity index (χ3n) is 4.59. The number of rotatable bonds is 3. The number of hydrogen-bond acceptors (Lipinski definition) is 2. The van der Waals surface area contributed by atoms with E-state index >= 15 is 0 Å². The Morgan fingerprint density at radius 3 is 2.35 bits per heavy atom. The molecule has 1 heterocycles. The topological polar surface area (TPSA) is 55.1 Å². The first-order valence-corrected chi connectivity index (χ1v) is 9.02. The molecule has 0 unspecified atom stereocenters. The molecule has 0 spiro atoms. The average molecular weight is 453 g/mol. The molecule has 0 aliphatic carbocycles. The lowest BCUT2D eigenvalue weighted by Crippen LogP contribution is -2.05. The van der Waals surface area contributed by atoms with Crippen molar-refractivity contribution >= 4 is 28.5 Å². The van der Waals surface area contributed by atoms with Gasteiger partial charge in [0, 0.05) is 5.39 Å². The first-order valence-electron chi connectivity index (χ1n) is 8.64. The van der Waals surface area contributed by atoms with Crippen LogP contribution in [-0.2, 0) is 6.18 Å². The summed E-state index contributed by atoms with van der Waals surface area (Å²) >= 11 is 5.80. The summed E-state index contributed by atoms with van der Waals surface area (Å²) in [6.07, 6.45) is -4.75. The van der Waals surface area contributed by atoms with Crippen LogP contribution in [0.15, 0.2) is 54.6 Å². The number of carboxylic acid groups (broad SMARTS) is 1. The minimum atomic E-state index is -4.75. The van der Waals surface area contributed by atoms with E-state index in [1.807, 2.05) is 0 Å². The van der Waals surface area contributed by atoms with E-state index in [1.54, 1.807) is 0 Å². The smallest absolute Gasteiger partial charge is 0.416 e. The summed E-state index contributed by atoms with van der Waals surface area (Å²) in [6.45, 7) is 0. The van der Waals surface area contributed by atoms with E-state index in [9.17, 15) is 31.9 Å². The molecule has 3 aromatic carbocycles. The second-order valence-electron chi connectivity index (χ2n) is 6.62. The van der Waals surface area contributed by atoms with Gasteiger partial charge in [0.2, 0.25) is 0 Å². The molecule has 4 aromatic rings. The molecule has 0 bridgehead atoms. The first-order chi connectivity index (χ1) is 14.5. The maximum atomic E-state index is 13.8. The predicted octanol–water partition coefficient (Wildman–Crippen LogP) is 6.34. The maximum absolute atomic E-state index is 13.8. The molecule has 0 saturated carbocycles. The number of hydrogen-bond donors (Lipinski definition) is 1. The van der Waals surface area contributed by atoms with Crippen LogP contribution in [0, 0.1) is 11.6 Å². The van der Waals surface area contributed by atoms with Gasteiger partial charge >= 0.3 is 12.1 Å². The Labute approximate surface area is 176 Å². The fourth-order valence-corrected chi connectivity index (χ4v) is 3.36. The van der Waals surface area contributed by atoms with E-state index in [1.165, 1.54) is 35.0 Å². The van der Waals surface area contributed by atoms with Gasteiger partial charge in [-0.2, -0.15) is 18.3 Å². The van der Waals surface area contributed by atoms with Gasteiger partial charge in [0.25, 0.3) is 0 Å². The Balaban J connectivity index is 1.92. The molecule has 0 aliphatic rings. The molecule has 0 saturated heterocycles. The zero-order valence-corrected chi connectivity index (χ0v) is 16.0. The minimum absolute atomic E-state index is 0.0804. The molecule has 4 nitrogen and oxygen atoms in total. The van der Waals surface area contributed by atoms with Crippen molar-refractivity contribution in [3.63, 3.8) is 0 Å². The Kier molecular flexibility index (Phi) is 4.93. The number of carbonyl (C=O) groups is 1. The van der Waals surface area contributed by atoms with Gasteiger partial charge in [-0.05, 0) is 59.7 Å². The van der Waals surface area contributed by atoms with Crippen LogP contribution >= 0.6 is 11.6 Å². The quantitative estimate of drug-likeness (QED) is 0.369. The van der Waals surface area contributed by atoms with Crippen LogP contribution in [0.5, 0.6) is 0 Å². The zero-order valence-electron chi connectivity index (χ0n) is 15.2. The van der Waals surface area contributed by atoms with E-state index in [0.29, 0.717) is 6.07 Å². The minimum Gasteiger partial charge on any atom is -0.476 e. The van der Waals surface area contributed by atoms with Crippen molar-refractivity contribution in [2.75, 3.05) is 0 Å². The zero-order chi connectivity index (χ0) is 22.5. The average Bonchev–Trinajstić information content (AvgIpc) is 3.08. The molecule has 0 fully saturated rings. The molecule has 1 N–H and O–H groups in total. The third-order valence-corrected chi connectivity index (χ3v) is 4.88. The lowest BCUT2D eigenvalue weighted by atomic mass is 10.0. The van der Waals surface area contributed by atoms with Crippen molar-refractivity contribution in [3.8, 4) is 16.8 Å². The van der Waals surface area contributed by atoms with E-state index < -0.39 is 29.3 Å². The van der Waals surface area contributed by atoms with Crippen LogP contribution < -0.4 is 0 Å². The Bertz CT molecular complexity index is 1350. The summed E-state index contributed by atoms with van der Waals surface area (Å²) in [5.41, 5.74) is -0.902. The molecule has 31 heavy (non-hydrogen) atoms. The van der Waals surface area contributed by atoms with E-state index in [-0.39, 0.29) is 38.4 Å². The van der Waals surface area contributed by atoms with Crippen molar-refractivity contribution < 1.29 is 31.9 Å². The lowest BCUT2D eigenvalue weighted by molar-refractivity contribution is -0.137. The lowest BCUT2D eigenvalue weighted by Gasteiger charge is -2.10. The third kappa shape index (κ3) is 3.84. The molecule has 0 radical (unpaired) electrons. The summed E-state index contributed by atoms with van der Waals surface area (Å²) in [6, 6.07) is 9.90. The van der Waals surface area contributed by atoms with Gasteiger partial charge in [0.05, 0.1) is 21.8 Å². The highest BCUT2D eigenvalue weighted by molar-refractivity contribution is 6.30. The van der Waals surface area contributed by atoms with Crippen LogP contribution in [0.25, 0.3) is 27.7 Å². The molecular formula is C21H10ClF5N2O2. The van der Waals surface area contributed by atoms with Crippen LogP contribution in [0.3, 0.4) is 0 Å². The summed E-state index contributed by atoms with van der Waals surface area (Å²) < 4.78 is 67.6. The van der Waals surface area contributed by atoms with E-state index in [2.05, 4.69) is 5.10 Å². The second kappa shape index (κ2) is 7.35. The maximum Gasteiger partial charge on any atom is 0.416 e. The van der Waals surface area contributed by atoms with Gasteiger partial charge in [-0.25, -0.2) is 18.3 Å². The van der Waals surface area contributed by atoms with Crippen LogP contribution in [0.1, 0.15) is 16.1 Å². The monoisotopic (exact) mass is 452 g/mol. The number of benzene rings is 3. The molecule has 1 aromatic heterocycles. The van der Waals surface area contributed by atoms with Crippen LogP contribution in [-0.4, -0.2) is 20.9 Å². The molecule has 0 amide bonds. The molecular weight excluding hydrogens is 443 g/mol. The Hall–Kier alpha value is -3.46. The number of halogens is 6. The van der Waals surface area contributed by atoms with E-state index in [0.717, 1.165) is 18.2 Å². The molecule has 158 valence electrons. The fraction of sp³-hybridized carbons (Fsp3) is 0.0476. The highest BCUT2D eigenvalue weighted by Gasteiger charge is 2.31. The molecule has 0 aliphatic heterocycles. The number of nitrogens with zero attached hydrogens (tertiary/aromatic N) is 2. The number of fused-ring (bicyclic) bond motifs is 1. The summed E-state index contributed by atoms with van der Waals surface area (Å²) in [4.78, 5) is 11.7. The summed E-state index contributed by atoms with van der Waals surface area (Å²) in [5, 5.41) is 13.4. The van der Waals surface area contributed by atoms with Crippen molar-refractivity contribution in [2.24, 2.45) is 0 Å². The first kappa shape index (κ1) is 20.8. The van der Waals surface area contributed by atoms with Crippen molar-refractivity contribution in [2.45, 2.75) is 6.18 Å². The van der Waals surface area contributed by atoms with Crippen molar-refractivity contribution in [1.82, 2.24) is 9.78 Å². The SMILES string of the molecule is O=C(O)c1nn(-c2ccc(F)c(Cl)c2)c2ccc(-c3cc(F)cc(C(F)(F)F)c3)cc12. The van der Waals surface area contributed by atoms with Gasteiger partial charge in [-0.1, -0.05) is 17.7 Å². The van der Waals surface area contributed by atoms with Gasteiger partial charge in [-0.3, -0.25) is 0 Å². The van der Waals surface area contributed by atoms with E-state index in [4.69, 9.17) is 11.6 Å². The Morgan fingerprint density at radius 1 is 0.968 bits per heavy atom. The number of aromatic nitrogens is 2. The largest absolute Gasteiger partial charge is 0.476 e. The Morgan fingerprint density at radius 2 is 1.71 bits per heavy atom. The highest BCUT2D eigenvalue weighted by atomic mass is 35.5. The normalized spacial score (nSPS) is 11.8. The van der Waals surface area contributed by atoms with Gasteiger partial charge in [0.15, 0.2) is 5.69 Å². The van der Waals surface area contributed by atoms with Crippen LogP contribution in [0.2, 0.25) is 5.02 Å². The number of carboxylic acids is 1. The fourth-order valence-electron chi connectivity index (χ4n) is 3.19. The van der Waals surface area contributed by atoms with Gasteiger partial charge < -0.3 is 5.11 Å². The van der Waals surface area contributed by atoms with Crippen molar-refractivity contribution in [1.29, 1.82) is 0 Å². The van der Waals surface area contributed by atoms with Crippen LogP contribution in [0.4, 0.5) is 22.0 Å². The predicted molar refractivity (Wildman–Crippen MR) is 103 cm³/mol.